The van der Waals surface area contributed by atoms with Crippen LogP contribution >= 0.6 is 11.6 Å². The zero-order chi connectivity index (χ0) is 12.3. The zero-order valence-corrected chi connectivity index (χ0v) is 10.4. The van der Waals surface area contributed by atoms with E-state index in [1.807, 2.05) is 31.3 Å². The van der Waals surface area contributed by atoms with Crippen LogP contribution in [0.4, 0.5) is 0 Å². The summed E-state index contributed by atoms with van der Waals surface area (Å²) in [5.41, 5.74) is 2.94. The molecule has 0 fully saturated rings. The lowest BCUT2D eigenvalue weighted by Crippen LogP contribution is -2.01. The van der Waals surface area contributed by atoms with E-state index in [4.69, 9.17) is 16.7 Å². The van der Waals surface area contributed by atoms with Crippen molar-refractivity contribution in [3.05, 3.63) is 46.2 Å². The molecule has 0 unspecified atom stereocenters. The highest BCUT2D eigenvalue weighted by atomic mass is 35.5. The first kappa shape index (κ1) is 12.1. The van der Waals surface area contributed by atoms with Crippen molar-refractivity contribution in [1.29, 1.82) is 0 Å². The van der Waals surface area contributed by atoms with Gasteiger partial charge in [0.25, 0.3) is 0 Å². The summed E-state index contributed by atoms with van der Waals surface area (Å²) in [5, 5.41) is 17.5. The quantitative estimate of drug-likeness (QED) is 0.902. The number of aryl methyl sites for hydroxylation is 1. The van der Waals surface area contributed by atoms with E-state index in [-0.39, 0.29) is 6.61 Å². The predicted octanol–water partition coefficient (Wildman–Crippen LogP) is 1.82. The summed E-state index contributed by atoms with van der Waals surface area (Å²) in [4.78, 5) is 0. The number of rotatable bonds is 4. The molecule has 1 N–H and O–H groups in total. The van der Waals surface area contributed by atoms with Crippen LogP contribution in [0.5, 0.6) is 0 Å². The molecule has 0 radical (unpaired) electrons. The average molecular weight is 252 g/mol. The molecule has 0 spiro atoms. The van der Waals surface area contributed by atoms with Gasteiger partial charge >= 0.3 is 0 Å². The second kappa shape index (κ2) is 5.29. The van der Waals surface area contributed by atoms with E-state index >= 15 is 0 Å². The van der Waals surface area contributed by atoms with E-state index in [2.05, 4.69) is 10.3 Å². The molecule has 1 aromatic carbocycles. The van der Waals surface area contributed by atoms with E-state index in [9.17, 15) is 0 Å². The number of halogens is 1. The Balaban J connectivity index is 2.13. The molecule has 0 atom stereocenters. The Morgan fingerprint density at radius 1 is 1.41 bits per heavy atom. The minimum Gasteiger partial charge on any atom is -0.396 e. The van der Waals surface area contributed by atoms with Gasteiger partial charge in [0.05, 0.1) is 12.2 Å². The number of hydrogen-bond acceptors (Lipinski definition) is 3. The zero-order valence-electron chi connectivity index (χ0n) is 9.60. The summed E-state index contributed by atoms with van der Waals surface area (Å²) in [6.07, 6.45) is 2.36. The maximum Gasteiger partial charge on any atom is 0.0850 e. The number of aliphatic hydroxyl groups is 1. The maximum absolute atomic E-state index is 8.80. The van der Waals surface area contributed by atoms with Crippen LogP contribution in [0.2, 0.25) is 5.02 Å². The molecule has 4 nitrogen and oxygen atoms in total. The van der Waals surface area contributed by atoms with Crippen molar-refractivity contribution in [2.75, 3.05) is 6.61 Å². The van der Waals surface area contributed by atoms with Gasteiger partial charge in [0.15, 0.2) is 0 Å². The average Bonchev–Trinajstić information content (AvgIpc) is 2.71. The summed E-state index contributed by atoms with van der Waals surface area (Å²) in [5.74, 6) is 0. The van der Waals surface area contributed by atoms with Crippen LogP contribution in [0.15, 0.2) is 24.4 Å². The van der Waals surface area contributed by atoms with Crippen molar-refractivity contribution in [2.24, 2.45) is 0 Å². The topological polar surface area (TPSA) is 50.9 Å². The van der Waals surface area contributed by atoms with Gasteiger partial charge in [0, 0.05) is 24.2 Å². The summed E-state index contributed by atoms with van der Waals surface area (Å²) >= 11 is 6.15. The molecule has 1 aromatic heterocycles. The SMILES string of the molecule is Cc1ccc(Cn2cc(CCO)nn2)c(Cl)c1. The van der Waals surface area contributed by atoms with Gasteiger partial charge in [-0.3, -0.25) is 0 Å². The van der Waals surface area contributed by atoms with Crippen molar-refractivity contribution in [1.82, 2.24) is 15.0 Å². The second-order valence-electron chi connectivity index (χ2n) is 3.98. The lowest BCUT2D eigenvalue weighted by molar-refractivity contribution is 0.298. The molecule has 0 amide bonds. The smallest absolute Gasteiger partial charge is 0.0850 e. The lowest BCUT2D eigenvalue weighted by Gasteiger charge is -2.04. The van der Waals surface area contributed by atoms with Crippen LogP contribution in [0, 0.1) is 6.92 Å². The fraction of sp³-hybridized carbons (Fsp3) is 0.333. The molecule has 0 aliphatic carbocycles. The summed E-state index contributed by atoms with van der Waals surface area (Å²) in [6.45, 7) is 2.69. The first-order chi connectivity index (χ1) is 8.19. The minimum absolute atomic E-state index is 0.0873. The Bertz CT molecular complexity index is 510. The Hall–Kier alpha value is -1.39. The first-order valence-electron chi connectivity index (χ1n) is 5.44. The number of aromatic nitrogens is 3. The molecular weight excluding hydrogens is 238 g/mol. The molecule has 0 saturated heterocycles. The van der Waals surface area contributed by atoms with E-state index in [0.29, 0.717) is 13.0 Å². The van der Waals surface area contributed by atoms with Crippen LogP contribution in [-0.2, 0) is 13.0 Å². The number of nitrogens with zero attached hydrogens (tertiary/aromatic N) is 3. The molecular formula is C12H14ClN3O. The lowest BCUT2D eigenvalue weighted by atomic mass is 10.1. The van der Waals surface area contributed by atoms with E-state index in [0.717, 1.165) is 21.8 Å². The Morgan fingerprint density at radius 2 is 2.24 bits per heavy atom. The standard InChI is InChI=1S/C12H14ClN3O/c1-9-2-3-10(12(13)6-9)7-16-8-11(4-5-17)14-15-16/h2-3,6,8,17H,4-5,7H2,1H3. The largest absolute Gasteiger partial charge is 0.396 e. The highest BCUT2D eigenvalue weighted by molar-refractivity contribution is 6.31. The van der Waals surface area contributed by atoms with Gasteiger partial charge in [-0.1, -0.05) is 28.9 Å². The van der Waals surface area contributed by atoms with E-state index in [1.54, 1.807) is 4.68 Å². The monoisotopic (exact) mass is 251 g/mol. The molecule has 90 valence electrons. The van der Waals surface area contributed by atoms with E-state index < -0.39 is 0 Å². The highest BCUT2D eigenvalue weighted by Crippen LogP contribution is 2.18. The van der Waals surface area contributed by atoms with Crippen molar-refractivity contribution in [3.63, 3.8) is 0 Å². The molecule has 0 aliphatic rings. The normalized spacial score (nSPS) is 10.8. The van der Waals surface area contributed by atoms with Gasteiger partial charge in [-0.25, -0.2) is 4.68 Å². The number of hydrogen-bond donors (Lipinski definition) is 1. The molecule has 0 bridgehead atoms. The van der Waals surface area contributed by atoms with Gasteiger partial charge in [0.1, 0.15) is 0 Å². The fourth-order valence-corrected chi connectivity index (χ4v) is 1.89. The van der Waals surface area contributed by atoms with Crippen LogP contribution in [-0.4, -0.2) is 26.7 Å². The predicted molar refractivity (Wildman–Crippen MR) is 66.1 cm³/mol. The molecule has 1 heterocycles. The molecule has 2 rings (SSSR count). The maximum atomic E-state index is 8.80. The van der Waals surface area contributed by atoms with Crippen LogP contribution in [0.1, 0.15) is 16.8 Å². The Morgan fingerprint density at radius 3 is 2.94 bits per heavy atom. The number of aliphatic hydroxyl groups excluding tert-OH is 1. The Labute approximate surface area is 105 Å². The van der Waals surface area contributed by atoms with Gasteiger partial charge in [-0.2, -0.15) is 0 Å². The van der Waals surface area contributed by atoms with Crippen molar-refractivity contribution >= 4 is 11.6 Å². The second-order valence-corrected chi connectivity index (χ2v) is 4.38. The third-order valence-electron chi connectivity index (χ3n) is 2.49. The van der Waals surface area contributed by atoms with Gasteiger partial charge in [-0.05, 0) is 24.1 Å². The van der Waals surface area contributed by atoms with Crippen molar-refractivity contribution in [3.8, 4) is 0 Å². The minimum atomic E-state index is 0.0873. The molecule has 0 aliphatic heterocycles. The van der Waals surface area contributed by atoms with Crippen molar-refractivity contribution in [2.45, 2.75) is 19.9 Å². The molecule has 0 saturated carbocycles. The summed E-state index contributed by atoms with van der Waals surface area (Å²) in [7, 11) is 0. The van der Waals surface area contributed by atoms with Crippen LogP contribution in [0.25, 0.3) is 0 Å². The molecule has 5 heteroatoms. The van der Waals surface area contributed by atoms with E-state index in [1.165, 1.54) is 0 Å². The fourth-order valence-electron chi connectivity index (χ4n) is 1.60. The molecule has 2 aromatic rings. The number of benzene rings is 1. The third-order valence-corrected chi connectivity index (χ3v) is 2.85. The van der Waals surface area contributed by atoms with Gasteiger partial charge in [0.2, 0.25) is 0 Å². The third kappa shape index (κ3) is 3.05. The van der Waals surface area contributed by atoms with Gasteiger partial charge in [-0.15, -0.1) is 5.10 Å². The van der Waals surface area contributed by atoms with Gasteiger partial charge < -0.3 is 5.11 Å². The molecule has 17 heavy (non-hydrogen) atoms. The van der Waals surface area contributed by atoms with Crippen molar-refractivity contribution < 1.29 is 5.11 Å². The summed E-state index contributed by atoms with van der Waals surface area (Å²) < 4.78 is 1.72. The van der Waals surface area contributed by atoms with Crippen LogP contribution in [0.3, 0.4) is 0 Å². The highest BCUT2D eigenvalue weighted by Gasteiger charge is 2.04. The summed E-state index contributed by atoms with van der Waals surface area (Å²) in [6, 6.07) is 5.94. The first-order valence-corrected chi connectivity index (χ1v) is 5.82. The van der Waals surface area contributed by atoms with Crippen LogP contribution < -0.4 is 0 Å². The Kier molecular flexibility index (Phi) is 3.76.